The Hall–Kier alpha value is -1.09. The quantitative estimate of drug-likeness (QED) is 0.314. The number of benzene rings is 1. The Labute approximate surface area is 187 Å². The minimum Gasteiger partial charge on any atom is -0.426 e. The summed E-state index contributed by atoms with van der Waals surface area (Å²) in [7, 11) is 1.34. The molecule has 0 aromatic heterocycles. The van der Waals surface area contributed by atoms with Crippen LogP contribution in [0.15, 0.2) is 24.3 Å². The van der Waals surface area contributed by atoms with Crippen molar-refractivity contribution in [2.75, 3.05) is 0 Å². The SMILES string of the molecule is CC1CCC(C2CCC(C(=O)Oc3ccc(C4CCC(C[SiH3])CC4)cc3)CC2)CC1. The molecule has 0 N–H and O–H groups in total. The van der Waals surface area contributed by atoms with E-state index in [0.717, 1.165) is 42.3 Å². The second-order valence-electron chi connectivity index (χ2n) is 10.7. The van der Waals surface area contributed by atoms with Crippen LogP contribution in [0.25, 0.3) is 0 Å². The summed E-state index contributed by atoms with van der Waals surface area (Å²) in [4.78, 5) is 12.7. The Morgan fingerprint density at radius 3 is 1.97 bits per heavy atom. The molecule has 0 heterocycles. The first-order valence-electron chi connectivity index (χ1n) is 12.9. The van der Waals surface area contributed by atoms with Gasteiger partial charge < -0.3 is 4.74 Å². The topological polar surface area (TPSA) is 26.3 Å². The molecule has 3 heteroatoms. The lowest BCUT2D eigenvalue weighted by molar-refractivity contribution is -0.140. The summed E-state index contributed by atoms with van der Waals surface area (Å²) < 4.78 is 5.79. The first kappa shape index (κ1) is 22.1. The first-order valence-corrected chi connectivity index (χ1v) is 14.4. The highest BCUT2D eigenvalue weighted by Gasteiger charge is 2.33. The summed E-state index contributed by atoms with van der Waals surface area (Å²) in [5.74, 6) is 5.24. The van der Waals surface area contributed by atoms with E-state index in [9.17, 15) is 4.79 Å². The minimum atomic E-state index is 0.00564. The van der Waals surface area contributed by atoms with Crippen LogP contribution in [0.4, 0.5) is 0 Å². The molecule has 3 fully saturated rings. The van der Waals surface area contributed by atoms with Crippen LogP contribution in [0.5, 0.6) is 5.75 Å². The van der Waals surface area contributed by atoms with Gasteiger partial charge in [-0.3, -0.25) is 4.79 Å². The Morgan fingerprint density at radius 1 is 0.833 bits per heavy atom. The molecule has 4 rings (SSSR count). The van der Waals surface area contributed by atoms with Crippen LogP contribution in [0.2, 0.25) is 6.04 Å². The van der Waals surface area contributed by atoms with Crippen LogP contribution in [-0.4, -0.2) is 16.2 Å². The fraction of sp³-hybridized carbons (Fsp3) is 0.741. The summed E-state index contributed by atoms with van der Waals surface area (Å²) in [6.45, 7) is 2.40. The third-order valence-electron chi connectivity index (χ3n) is 8.83. The van der Waals surface area contributed by atoms with Crippen LogP contribution >= 0.6 is 0 Å². The van der Waals surface area contributed by atoms with Crippen molar-refractivity contribution in [1.29, 1.82) is 0 Å². The van der Waals surface area contributed by atoms with E-state index in [1.54, 1.807) is 0 Å². The van der Waals surface area contributed by atoms with Gasteiger partial charge >= 0.3 is 5.97 Å². The van der Waals surface area contributed by atoms with Crippen LogP contribution in [0.3, 0.4) is 0 Å². The summed E-state index contributed by atoms with van der Waals surface area (Å²) >= 11 is 0. The van der Waals surface area contributed by atoms with Crippen molar-refractivity contribution < 1.29 is 9.53 Å². The fourth-order valence-corrected chi connectivity index (χ4v) is 7.31. The van der Waals surface area contributed by atoms with Gasteiger partial charge in [0, 0.05) is 10.2 Å². The predicted octanol–water partition coefficient (Wildman–Crippen LogP) is 6.28. The van der Waals surface area contributed by atoms with E-state index in [1.165, 1.54) is 86.1 Å². The highest BCUT2D eigenvalue weighted by atomic mass is 28.1. The number of esters is 1. The Balaban J connectivity index is 1.22. The zero-order valence-electron chi connectivity index (χ0n) is 19.3. The van der Waals surface area contributed by atoms with Gasteiger partial charge in [0.15, 0.2) is 0 Å². The molecule has 0 saturated heterocycles. The summed E-state index contributed by atoms with van der Waals surface area (Å²) in [6.07, 6.45) is 15.6. The van der Waals surface area contributed by atoms with Gasteiger partial charge in [-0.1, -0.05) is 50.8 Å². The molecule has 0 aliphatic heterocycles. The second-order valence-corrected chi connectivity index (χ2v) is 11.6. The lowest BCUT2D eigenvalue weighted by Gasteiger charge is -2.36. The van der Waals surface area contributed by atoms with E-state index < -0.39 is 0 Å². The van der Waals surface area contributed by atoms with Gasteiger partial charge in [-0.25, -0.2) is 0 Å². The van der Waals surface area contributed by atoms with Gasteiger partial charge in [0.1, 0.15) is 5.75 Å². The van der Waals surface area contributed by atoms with E-state index in [2.05, 4.69) is 19.1 Å². The number of carbonyl (C=O) groups is 1. The van der Waals surface area contributed by atoms with E-state index in [0.29, 0.717) is 5.92 Å². The first-order chi connectivity index (χ1) is 14.6. The largest absolute Gasteiger partial charge is 0.426 e. The van der Waals surface area contributed by atoms with Gasteiger partial charge in [0.25, 0.3) is 0 Å². The summed E-state index contributed by atoms with van der Waals surface area (Å²) in [5.41, 5.74) is 1.43. The molecule has 1 aromatic rings. The smallest absolute Gasteiger partial charge is 0.314 e. The molecule has 3 aliphatic rings. The number of carbonyl (C=O) groups excluding carboxylic acids is 1. The molecule has 0 radical (unpaired) electrons. The lowest BCUT2D eigenvalue weighted by Crippen LogP contribution is -2.29. The van der Waals surface area contributed by atoms with Crippen LogP contribution in [0.1, 0.15) is 95.5 Å². The molecule has 3 saturated carbocycles. The molecular weight excluding hydrogens is 384 g/mol. The number of hydrogen-bond acceptors (Lipinski definition) is 2. The zero-order chi connectivity index (χ0) is 20.9. The maximum absolute atomic E-state index is 12.7. The Kier molecular flexibility index (Phi) is 7.73. The standard InChI is InChI=1S/C27H42O2Si/c1-19-2-6-21(7-3-19)23-10-12-25(13-11-23)27(28)29-26-16-14-24(15-17-26)22-8-4-20(18-30)5-9-22/h14-17,19-23,25H,2-13,18H2,1,30H3. The molecule has 1 aromatic carbocycles. The van der Waals surface area contributed by atoms with Gasteiger partial charge in [-0.15, -0.1) is 0 Å². The molecular formula is C27H42O2Si. The van der Waals surface area contributed by atoms with Crippen molar-refractivity contribution >= 4 is 16.2 Å². The van der Waals surface area contributed by atoms with Crippen molar-refractivity contribution in [2.45, 2.75) is 95.9 Å². The van der Waals surface area contributed by atoms with Crippen molar-refractivity contribution in [2.24, 2.45) is 29.6 Å². The molecule has 0 atom stereocenters. The number of ether oxygens (including phenoxy) is 1. The zero-order valence-corrected chi connectivity index (χ0v) is 21.3. The third-order valence-corrected chi connectivity index (χ3v) is 9.98. The Morgan fingerprint density at radius 2 is 1.40 bits per heavy atom. The van der Waals surface area contributed by atoms with Crippen molar-refractivity contribution in [1.82, 2.24) is 0 Å². The van der Waals surface area contributed by atoms with E-state index in [4.69, 9.17) is 4.74 Å². The summed E-state index contributed by atoms with van der Waals surface area (Å²) in [6, 6.07) is 9.93. The monoisotopic (exact) mass is 426 g/mol. The minimum absolute atomic E-state index is 0.00564. The van der Waals surface area contributed by atoms with Crippen LogP contribution in [0, 0.1) is 29.6 Å². The maximum Gasteiger partial charge on any atom is 0.314 e. The molecule has 3 aliphatic carbocycles. The average Bonchev–Trinajstić information content (AvgIpc) is 2.80. The average molecular weight is 427 g/mol. The molecule has 2 nitrogen and oxygen atoms in total. The van der Waals surface area contributed by atoms with Crippen LogP contribution < -0.4 is 4.74 Å². The molecule has 0 amide bonds. The predicted molar refractivity (Wildman–Crippen MR) is 128 cm³/mol. The maximum atomic E-state index is 12.7. The highest BCUT2D eigenvalue weighted by molar-refractivity contribution is 6.08. The summed E-state index contributed by atoms with van der Waals surface area (Å²) in [5, 5.41) is 0. The third kappa shape index (κ3) is 5.58. The van der Waals surface area contributed by atoms with Gasteiger partial charge in [-0.05, 0) is 98.7 Å². The van der Waals surface area contributed by atoms with E-state index >= 15 is 0 Å². The molecule has 30 heavy (non-hydrogen) atoms. The van der Waals surface area contributed by atoms with Gasteiger partial charge in [0.2, 0.25) is 0 Å². The molecule has 166 valence electrons. The van der Waals surface area contributed by atoms with E-state index in [-0.39, 0.29) is 11.9 Å². The highest BCUT2D eigenvalue weighted by Crippen LogP contribution is 2.42. The van der Waals surface area contributed by atoms with E-state index in [1.807, 2.05) is 12.1 Å². The number of hydrogen-bond donors (Lipinski definition) is 0. The van der Waals surface area contributed by atoms with Crippen molar-refractivity contribution in [3.8, 4) is 5.75 Å². The molecule has 0 unspecified atom stereocenters. The molecule has 0 bridgehead atoms. The number of rotatable bonds is 5. The fourth-order valence-electron chi connectivity index (χ4n) is 6.50. The van der Waals surface area contributed by atoms with Crippen LogP contribution in [-0.2, 0) is 4.79 Å². The lowest BCUT2D eigenvalue weighted by atomic mass is 9.69. The normalized spacial score (nSPS) is 35.1. The van der Waals surface area contributed by atoms with Gasteiger partial charge in [-0.2, -0.15) is 0 Å². The van der Waals surface area contributed by atoms with Gasteiger partial charge in [0.05, 0.1) is 5.92 Å². The van der Waals surface area contributed by atoms with Crippen molar-refractivity contribution in [3.05, 3.63) is 29.8 Å². The molecule has 0 spiro atoms. The van der Waals surface area contributed by atoms with Crippen molar-refractivity contribution in [3.63, 3.8) is 0 Å². The Bertz CT molecular complexity index is 661. The second kappa shape index (κ2) is 10.5.